The molecule has 4 nitrogen and oxygen atoms in total. The van der Waals surface area contributed by atoms with Gasteiger partial charge in [-0.15, -0.1) is 0 Å². The second kappa shape index (κ2) is 9.16. The highest BCUT2D eigenvalue weighted by molar-refractivity contribution is 5.95. The SMILES string of the molecule is O=C(CN1CCCN(Cc2ccc(F)cc2)CC1)Nc1ccc2ccccc2c1. The number of benzene rings is 3. The quantitative estimate of drug-likeness (QED) is 0.711. The molecule has 1 fully saturated rings. The van der Waals surface area contributed by atoms with Crippen molar-refractivity contribution in [2.45, 2.75) is 13.0 Å². The molecule has 0 aromatic heterocycles. The van der Waals surface area contributed by atoms with E-state index < -0.39 is 0 Å². The topological polar surface area (TPSA) is 35.6 Å². The van der Waals surface area contributed by atoms with Gasteiger partial charge in [0.15, 0.2) is 0 Å². The molecule has 29 heavy (non-hydrogen) atoms. The number of rotatable bonds is 5. The van der Waals surface area contributed by atoms with Crippen LogP contribution in [0.15, 0.2) is 66.7 Å². The Bertz CT molecular complexity index is 973. The van der Waals surface area contributed by atoms with Crippen molar-refractivity contribution in [3.05, 3.63) is 78.1 Å². The Morgan fingerprint density at radius 1 is 0.862 bits per heavy atom. The van der Waals surface area contributed by atoms with Crippen LogP contribution in [0.2, 0.25) is 0 Å². The molecule has 3 aromatic rings. The number of amides is 1. The van der Waals surface area contributed by atoms with Crippen LogP contribution >= 0.6 is 0 Å². The van der Waals surface area contributed by atoms with E-state index in [0.717, 1.165) is 55.8 Å². The molecule has 0 spiro atoms. The number of anilines is 1. The fourth-order valence-electron chi connectivity index (χ4n) is 3.86. The van der Waals surface area contributed by atoms with Crippen molar-refractivity contribution in [3.8, 4) is 0 Å². The molecule has 1 heterocycles. The average molecular weight is 391 g/mol. The smallest absolute Gasteiger partial charge is 0.238 e. The number of nitrogens with zero attached hydrogens (tertiary/aromatic N) is 2. The summed E-state index contributed by atoms with van der Waals surface area (Å²) in [6.07, 6.45) is 1.02. The third kappa shape index (κ3) is 5.40. The second-order valence-corrected chi connectivity index (χ2v) is 7.64. The van der Waals surface area contributed by atoms with E-state index in [1.165, 1.54) is 17.5 Å². The minimum Gasteiger partial charge on any atom is -0.325 e. The van der Waals surface area contributed by atoms with Gasteiger partial charge in [0.25, 0.3) is 0 Å². The average Bonchev–Trinajstić information content (AvgIpc) is 2.94. The van der Waals surface area contributed by atoms with Gasteiger partial charge in [-0.05, 0) is 60.1 Å². The number of hydrogen-bond donors (Lipinski definition) is 1. The van der Waals surface area contributed by atoms with Crippen LogP contribution < -0.4 is 5.32 Å². The predicted octanol–water partition coefficient (Wildman–Crippen LogP) is 4.13. The number of hydrogen-bond acceptors (Lipinski definition) is 3. The summed E-state index contributed by atoms with van der Waals surface area (Å²) < 4.78 is 13.1. The largest absolute Gasteiger partial charge is 0.325 e. The molecule has 0 atom stereocenters. The van der Waals surface area contributed by atoms with E-state index in [1.54, 1.807) is 0 Å². The first kappa shape index (κ1) is 19.6. The molecule has 3 aromatic carbocycles. The maximum absolute atomic E-state index is 13.1. The van der Waals surface area contributed by atoms with E-state index in [2.05, 4.69) is 27.2 Å². The molecular formula is C24H26FN3O. The highest BCUT2D eigenvalue weighted by Crippen LogP contribution is 2.19. The van der Waals surface area contributed by atoms with Gasteiger partial charge >= 0.3 is 0 Å². The first-order chi connectivity index (χ1) is 14.2. The molecule has 0 aliphatic carbocycles. The molecule has 5 heteroatoms. The Labute approximate surface area is 170 Å². The van der Waals surface area contributed by atoms with E-state index in [-0.39, 0.29) is 11.7 Å². The molecule has 1 amide bonds. The van der Waals surface area contributed by atoms with Crippen molar-refractivity contribution in [1.29, 1.82) is 0 Å². The lowest BCUT2D eigenvalue weighted by Gasteiger charge is -2.21. The minimum absolute atomic E-state index is 0.0206. The van der Waals surface area contributed by atoms with E-state index in [1.807, 2.05) is 42.5 Å². The van der Waals surface area contributed by atoms with E-state index in [9.17, 15) is 9.18 Å². The normalized spacial score (nSPS) is 15.9. The van der Waals surface area contributed by atoms with Gasteiger partial charge in [0.1, 0.15) is 5.82 Å². The molecule has 1 N–H and O–H groups in total. The number of halogens is 1. The van der Waals surface area contributed by atoms with Crippen molar-refractivity contribution in [2.75, 3.05) is 38.0 Å². The van der Waals surface area contributed by atoms with Crippen LogP contribution in [0.4, 0.5) is 10.1 Å². The summed E-state index contributed by atoms with van der Waals surface area (Å²) in [7, 11) is 0. The summed E-state index contributed by atoms with van der Waals surface area (Å²) >= 11 is 0. The molecule has 0 unspecified atom stereocenters. The molecule has 150 valence electrons. The van der Waals surface area contributed by atoms with Crippen molar-refractivity contribution < 1.29 is 9.18 Å². The minimum atomic E-state index is -0.201. The highest BCUT2D eigenvalue weighted by Gasteiger charge is 2.17. The summed E-state index contributed by atoms with van der Waals surface area (Å²) in [4.78, 5) is 17.1. The molecule has 4 rings (SSSR count). The third-order valence-corrected chi connectivity index (χ3v) is 5.40. The number of fused-ring (bicyclic) bond motifs is 1. The lowest BCUT2D eigenvalue weighted by molar-refractivity contribution is -0.117. The van der Waals surface area contributed by atoms with Gasteiger partial charge in [0.2, 0.25) is 5.91 Å². The van der Waals surface area contributed by atoms with Crippen molar-refractivity contribution in [2.24, 2.45) is 0 Å². The van der Waals surface area contributed by atoms with Gasteiger partial charge in [0, 0.05) is 25.3 Å². The van der Waals surface area contributed by atoms with Crippen LogP contribution in [-0.4, -0.2) is 48.4 Å². The maximum atomic E-state index is 13.1. The molecule has 0 bridgehead atoms. The third-order valence-electron chi connectivity index (χ3n) is 5.40. The van der Waals surface area contributed by atoms with Crippen LogP contribution in [0.1, 0.15) is 12.0 Å². The molecule has 1 aliphatic rings. The Morgan fingerprint density at radius 3 is 2.41 bits per heavy atom. The van der Waals surface area contributed by atoms with Crippen molar-refractivity contribution in [3.63, 3.8) is 0 Å². The Kier molecular flexibility index (Phi) is 6.17. The van der Waals surface area contributed by atoms with E-state index >= 15 is 0 Å². The van der Waals surface area contributed by atoms with Gasteiger partial charge in [0.05, 0.1) is 6.54 Å². The maximum Gasteiger partial charge on any atom is 0.238 e. The van der Waals surface area contributed by atoms with E-state index in [0.29, 0.717) is 6.54 Å². The summed E-state index contributed by atoms with van der Waals surface area (Å²) in [6.45, 7) is 4.87. The molecular weight excluding hydrogens is 365 g/mol. The van der Waals surface area contributed by atoms with Crippen LogP contribution in [0, 0.1) is 5.82 Å². The summed E-state index contributed by atoms with van der Waals surface area (Å²) in [5, 5.41) is 5.32. The van der Waals surface area contributed by atoms with Crippen LogP contribution in [-0.2, 0) is 11.3 Å². The van der Waals surface area contributed by atoms with Crippen molar-refractivity contribution >= 4 is 22.4 Å². The molecule has 0 radical (unpaired) electrons. The predicted molar refractivity (Wildman–Crippen MR) is 115 cm³/mol. The fourth-order valence-corrected chi connectivity index (χ4v) is 3.86. The van der Waals surface area contributed by atoms with Gasteiger partial charge in [-0.25, -0.2) is 4.39 Å². The molecule has 1 aliphatic heterocycles. The number of carbonyl (C=O) groups excluding carboxylic acids is 1. The fraction of sp³-hybridized carbons (Fsp3) is 0.292. The first-order valence-corrected chi connectivity index (χ1v) is 10.1. The van der Waals surface area contributed by atoms with Crippen molar-refractivity contribution in [1.82, 2.24) is 9.80 Å². The van der Waals surface area contributed by atoms with Gasteiger partial charge in [-0.3, -0.25) is 14.6 Å². The van der Waals surface area contributed by atoms with E-state index in [4.69, 9.17) is 0 Å². The van der Waals surface area contributed by atoms with Crippen LogP contribution in [0.3, 0.4) is 0 Å². The number of carbonyl (C=O) groups is 1. The monoisotopic (exact) mass is 391 g/mol. The van der Waals surface area contributed by atoms with Gasteiger partial charge < -0.3 is 5.32 Å². The molecule has 1 saturated heterocycles. The first-order valence-electron chi connectivity index (χ1n) is 10.1. The summed E-state index contributed by atoms with van der Waals surface area (Å²) in [5.41, 5.74) is 1.95. The molecule has 0 saturated carbocycles. The number of nitrogens with one attached hydrogen (secondary N) is 1. The summed E-state index contributed by atoms with van der Waals surface area (Å²) in [6, 6.07) is 20.8. The second-order valence-electron chi connectivity index (χ2n) is 7.64. The highest BCUT2D eigenvalue weighted by atomic mass is 19.1. The zero-order chi connectivity index (χ0) is 20.1. The van der Waals surface area contributed by atoms with Gasteiger partial charge in [-0.2, -0.15) is 0 Å². The zero-order valence-corrected chi connectivity index (χ0v) is 16.5. The lowest BCUT2D eigenvalue weighted by Crippen LogP contribution is -2.36. The summed E-state index contributed by atoms with van der Waals surface area (Å²) in [5.74, 6) is -0.180. The standard InChI is InChI=1S/C24H26FN3O/c25-22-9-6-19(7-10-22)17-27-12-3-13-28(15-14-27)18-24(29)26-23-11-8-20-4-1-2-5-21(20)16-23/h1-2,4-11,16H,3,12-15,17-18H2,(H,26,29). The lowest BCUT2D eigenvalue weighted by atomic mass is 10.1. The van der Waals surface area contributed by atoms with Crippen LogP contribution in [0.5, 0.6) is 0 Å². The Morgan fingerprint density at radius 2 is 1.59 bits per heavy atom. The van der Waals surface area contributed by atoms with Gasteiger partial charge in [-0.1, -0.05) is 42.5 Å². The zero-order valence-electron chi connectivity index (χ0n) is 16.5. The van der Waals surface area contributed by atoms with Crippen LogP contribution in [0.25, 0.3) is 10.8 Å². The Balaban J connectivity index is 1.28. The Hall–Kier alpha value is -2.76.